The van der Waals surface area contributed by atoms with E-state index in [0.29, 0.717) is 29.2 Å². The summed E-state index contributed by atoms with van der Waals surface area (Å²) in [6, 6.07) is 7.54. The third-order valence-electron chi connectivity index (χ3n) is 3.22. The van der Waals surface area contributed by atoms with E-state index in [0.717, 1.165) is 16.5 Å². The van der Waals surface area contributed by atoms with E-state index in [4.69, 9.17) is 13.9 Å². The van der Waals surface area contributed by atoms with Crippen LogP contribution in [0.4, 0.5) is 0 Å². The molecule has 8 heteroatoms. The third kappa shape index (κ3) is 3.18. The third-order valence-corrected chi connectivity index (χ3v) is 4.89. The maximum absolute atomic E-state index is 5.86. The molecule has 4 rings (SSSR count). The quantitative estimate of drug-likeness (QED) is 0.667. The van der Waals surface area contributed by atoms with Gasteiger partial charge in [-0.3, -0.25) is 0 Å². The van der Waals surface area contributed by atoms with Gasteiger partial charge in [0, 0.05) is 11.1 Å². The van der Waals surface area contributed by atoms with E-state index in [2.05, 4.69) is 15.2 Å². The molecule has 0 amide bonds. The molecule has 23 heavy (non-hydrogen) atoms. The average molecular weight is 347 g/mol. The van der Waals surface area contributed by atoms with Crippen LogP contribution in [0.15, 0.2) is 39.3 Å². The van der Waals surface area contributed by atoms with Gasteiger partial charge in [0.15, 0.2) is 11.5 Å². The van der Waals surface area contributed by atoms with Gasteiger partial charge in [-0.15, -0.1) is 21.5 Å². The molecule has 0 fully saturated rings. The molecule has 0 radical (unpaired) electrons. The molecule has 1 aliphatic rings. The fourth-order valence-electron chi connectivity index (χ4n) is 2.16. The summed E-state index contributed by atoms with van der Waals surface area (Å²) < 4.78 is 17.2. The van der Waals surface area contributed by atoms with Gasteiger partial charge in [-0.1, -0.05) is 23.9 Å². The molecule has 118 valence electrons. The second-order valence-electron chi connectivity index (χ2n) is 4.92. The molecule has 1 aliphatic heterocycles. The van der Waals surface area contributed by atoms with Crippen LogP contribution in [0.1, 0.15) is 22.7 Å². The maximum atomic E-state index is 5.86. The monoisotopic (exact) mass is 347 g/mol. The molecule has 1 atom stereocenters. The lowest BCUT2D eigenvalue weighted by atomic mass is 10.2. The van der Waals surface area contributed by atoms with Gasteiger partial charge in [-0.2, -0.15) is 0 Å². The summed E-state index contributed by atoms with van der Waals surface area (Å²) >= 11 is 3.10. The summed E-state index contributed by atoms with van der Waals surface area (Å²) in [5, 5.41) is 11.7. The predicted molar refractivity (Wildman–Crippen MR) is 86.0 cm³/mol. The highest BCUT2D eigenvalue weighted by atomic mass is 32.2. The van der Waals surface area contributed by atoms with Crippen LogP contribution in [0.25, 0.3) is 0 Å². The van der Waals surface area contributed by atoms with Gasteiger partial charge in [0.2, 0.25) is 6.10 Å². The SMILES string of the molecule is Cc1nc(CSc2nnc(C3COc4ccccc4O3)o2)cs1. The predicted octanol–water partition coefficient (Wildman–Crippen LogP) is 3.64. The molecule has 1 aromatic carbocycles. The van der Waals surface area contributed by atoms with Gasteiger partial charge in [0.1, 0.15) is 6.61 Å². The molecule has 0 bridgehead atoms. The van der Waals surface area contributed by atoms with Crippen molar-refractivity contribution in [1.82, 2.24) is 15.2 Å². The maximum Gasteiger partial charge on any atom is 0.277 e. The smallest absolute Gasteiger partial charge is 0.277 e. The molecule has 2 aromatic heterocycles. The van der Waals surface area contributed by atoms with Crippen LogP contribution in [-0.2, 0) is 5.75 Å². The Hall–Kier alpha value is -2.06. The van der Waals surface area contributed by atoms with Crippen LogP contribution in [-0.4, -0.2) is 21.8 Å². The first-order valence-electron chi connectivity index (χ1n) is 7.03. The number of benzene rings is 1. The molecule has 1 unspecified atom stereocenters. The molecule has 0 spiro atoms. The number of nitrogens with zero attached hydrogens (tertiary/aromatic N) is 3. The molecular weight excluding hydrogens is 334 g/mol. The number of aromatic nitrogens is 3. The highest BCUT2D eigenvalue weighted by Crippen LogP contribution is 2.36. The largest absolute Gasteiger partial charge is 0.485 e. The highest BCUT2D eigenvalue weighted by molar-refractivity contribution is 7.98. The van der Waals surface area contributed by atoms with Crippen molar-refractivity contribution in [3.8, 4) is 11.5 Å². The van der Waals surface area contributed by atoms with Crippen molar-refractivity contribution >= 4 is 23.1 Å². The number of thiazole rings is 1. The van der Waals surface area contributed by atoms with Gasteiger partial charge in [-0.05, 0) is 19.1 Å². The van der Waals surface area contributed by atoms with Crippen LogP contribution < -0.4 is 9.47 Å². The van der Waals surface area contributed by atoms with Gasteiger partial charge >= 0.3 is 0 Å². The summed E-state index contributed by atoms with van der Waals surface area (Å²) in [5.74, 6) is 2.55. The number of ether oxygens (including phenoxy) is 2. The van der Waals surface area contributed by atoms with Crippen molar-refractivity contribution in [1.29, 1.82) is 0 Å². The summed E-state index contributed by atoms with van der Waals surface area (Å²) in [7, 11) is 0. The highest BCUT2D eigenvalue weighted by Gasteiger charge is 2.27. The number of para-hydroxylation sites is 2. The molecule has 6 nitrogen and oxygen atoms in total. The van der Waals surface area contributed by atoms with Gasteiger partial charge in [0.05, 0.1) is 10.7 Å². The lowest BCUT2D eigenvalue weighted by Gasteiger charge is -2.23. The van der Waals surface area contributed by atoms with E-state index in [1.807, 2.05) is 36.6 Å². The zero-order chi connectivity index (χ0) is 15.6. The Morgan fingerprint density at radius 2 is 2.13 bits per heavy atom. The second kappa shape index (κ2) is 6.21. The first-order chi connectivity index (χ1) is 11.3. The van der Waals surface area contributed by atoms with Crippen molar-refractivity contribution in [2.24, 2.45) is 0 Å². The number of rotatable bonds is 4. The number of hydrogen-bond acceptors (Lipinski definition) is 8. The van der Waals surface area contributed by atoms with Crippen LogP contribution in [0, 0.1) is 6.92 Å². The zero-order valence-electron chi connectivity index (χ0n) is 12.3. The molecular formula is C15H13N3O3S2. The van der Waals surface area contributed by atoms with E-state index in [9.17, 15) is 0 Å². The Bertz CT molecular complexity index is 818. The average Bonchev–Trinajstić information content (AvgIpc) is 3.21. The lowest BCUT2D eigenvalue weighted by Crippen LogP contribution is -2.21. The van der Waals surface area contributed by atoms with Crippen LogP contribution in [0.3, 0.4) is 0 Å². The number of aryl methyl sites for hydroxylation is 1. The van der Waals surface area contributed by atoms with Gasteiger partial charge in [0.25, 0.3) is 11.1 Å². The number of hydrogen-bond donors (Lipinski definition) is 0. The minimum absolute atomic E-state index is 0.356. The van der Waals surface area contributed by atoms with Crippen molar-refractivity contribution in [2.75, 3.05) is 6.61 Å². The molecule has 0 aliphatic carbocycles. The second-order valence-corrected chi connectivity index (χ2v) is 6.91. The molecule has 3 heterocycles. The van der Waals surface area contributed by atoms with Crippen LogP contribution in [0.5, 0.6) is 11.5 Å². The summed E-state index contributed by atoms with van der Waals surface area (Å²) in [6.45, 7) is 2.34. The zero-order valence-corrected chi connectivity index (χ0v) is 13.9. The molecule has 0 N–H and O–H groups in total. The van der Waals surface area contributed by atoms with Crippen LogP contribution in [0.2, 0.25) is 0 Å². The number of fused-ring (bicyclic) bond motifs is 1. The Morgan fingerprint density at radius 1 is 1.26 bits per heavy atom. The first-order valence-corrected chi connectivity index (χ1v) is 8.90. The molecule has 3 aromatic rings. The molecule has 0 saturated heterocycles. The van der Waals surface area contributed by atoms with E-state index < -0.39 is 0 Å². The fourth-order valence-corrected chi connectivity index (χ4v) is 3.54. The van der Waals surface area contributed by atoms with Crippen molar-refractivity contribution < 1.29 is 13.9 Å². The Morgan fingerprint density at radius 3 is 2.96 bits per heavy atom. The number of thioether (sulfide) groups is 1. The van der Waals surface area contributed by atoms with Crippen molar-refractivity contribution in [2.45, 2.75) is 24.0 Å². The van der Waals surface area contributed by atoms with Crippen LogP contribution >= 0.6 is 23.1 Å². The normalized spacial score (nSPS) is 16.5. The summed E-state index contributed by atoms with van der Waals surface area (Å²) in [5.41, 5.74) is 1.02. The summed E-state index contributed by atoms with van der Waals surface area (Å²) in [6.07, 6.45) is -0.381. The first kappa shape index (κ1) is 14.5. The fraction of sp³-hybridized carbons (Fsp3) is 0.267. The van der Waals surface area contributed by atoms with E-state index in [-0.39, 0.29) is 6.10 Å². The Balaban J connectivity index is 1.42. The Kier molecular flexibility index (Phi) is 3.92. The lowest BCUT2D eigenvalue weighted by molar-refractivity contribution is 0.0686. The van der Waals surface area contributed by atoms with Crippen molar-refractivity contribution in [3.05, 3.63) is 46.2 Å². The standard InChI is InChI=1S/C15H13N3O3S2/c1-9-16-10(7-22-9)8-23-15-18-17-14(21-15)13-6-19-11-4-2-3-5-12(11)20-13/h2-5,7,13H,6,8H2,1H3. The minimum atomic E-state index is -0.381. The minimum Gasteiger partial charge on any atom is -0.485 e. The molecule has 0 saturated carbocycles. The van der Waals surface area contributed by atoms with Gasteiger partial charge in [-0.25, -0.2) is 4.98 Å². The topological polar surface area (TPSA) is 70.3 Å². The van der Waals surface area contributed by atoms with E-state index in [1.54, 1.807) is 11.3 Å². The summed E-state index contributed by atoms with van der Waals surface area (Å²) in [4.78, 5) is 4.41. The van der Waals surface area contributed by atoms with Gasteiger partial charge < -0.3 is 13.9 Å². The van der Waals surface area contributed by atoms with E-state index >= 15 is 0 Å². The Labute approximate surface area is 140 Å². The van der Waals surface area contributed by atoms with E-state index in [1.165, 1.54) is 11.8 Å². The van der Waals surface area contributed by atoms with Crippen molar-refractivity contribution in [3.63, 3.8) is 0 Å².